The number of ether oxygens (including phenoxy) is 1. The maximum atomic E-state index is 13.2. The summed E-state index contributed by atoms with van der Waals surface area (Å²) in [4.78, 5) is 43.0. The van der Waals surface area contributed by atoms with Crippen LogP contribution in [0.4, 0.5) is 5.69 Å². The molecule has 4 rings (SSSR count). The van der Waals surface area contributed by atoms with E-state index in [9.17, 15) is 19.5 Å². The maximum Gasteiger partial charge on any atom is 0.325 e. The Morgan fingerprint density at radius 1 is 1.39 bits per heavy atom. The van der Waals surface area contributed by atoms with E-state index in [0.29, 0.717) is 16.6 Å². The summed E-state index contributed by atoms with van der Waals surface area (Å²) in [6.45, 7) is 4.98. The molecule has 0 fully saturated rings. The van der Waals surface area contributed by atoms with Crippen molar-refractivity contribution in [1.82, 2.24) is 14.9 Å². The Morgan fingerprint density at radius 2 is 2.16 bits per heavy atom. The van der Waals surface area contributed by atoms with Crippen molar-refractivity contribution in [3.05, 3.63) is 50.7 Å². The Morgan fingerprint density at radius 3 is 2.84 bits per heavy atom. The third-order valence-corrected chi connectivity index (χ3v) is 5.68. The zero-order valence-corrected chi connectivity index (χ0v) is 18.1. The van der Waals surface area contributed by atoms with Crippen molar-refractivity contribution >= 4 is 39.8 Å². The van der Waals surface area contributed by atoms with E-state index in [1.54, 1.807) is 44.6 Å². The van der Waals surface area contributed by atoms with Gasteiger partial charge in [-0.1, -0.05) is 6.07 Å². The third-order valence-electron chi connectivity index (χ3n) is 4.79. The van der Waals surface area contributed by atoms with E-state index >= 15 is 0 Å². The molecular weight excluding hydrogens is 420 g/mol. The second-order valence-electron chi connectivity index (χ2n) is 8.21. The van der Waals surface area contributed by atoms with E-state index < -0.39 is 40.9 Å². The van der Waals surface area contributed by atoms with Gasteiger partial charge in [-0.3, -0.25) is 19.4 Å². The number of nitrogens with zero attached hydrogens (tertiary/aromatic N) is 2. The highest BCUT2D eigenvalue weighted by Crippen LogP contribution is 2.37. The number of amides is 1. The second-order valence-corrected chi connectivity index (χ2v) is 9.13. The van der Waals surface area contributed by atoms with Gasteiger partial charge in [0.2, 0.25) is 0 Å². The van der Waals surface area contributed by atoms with Gasteiger partial charge in [0, 0.05) is 16.5 Å². The van der Waals surface area contributed by atoms with E-state index in [2.05, 4.69) is 15.6 Å². The van der Waals surface area contributed by atoms with Crippen LogP contribution in [0.25, 0.3) is 10.9 Å². The Balaban J connectivity index is 1.71. The van der Waals surface area contributed by atoms with E-state index in [1.165, 1.54) is 15.9 Å². The van der Waals surface area contributed by atoms with E-state index in [0.717, 1.165) is 4.88 Å². The van der Waals surface area contributed by atoms with Gasteiger partial charge in [0.25, 0.3) is 11.5 Å². The summed E-state index contributed by atoms with van der Waals surface area (Å²) in [6.07, 6.45) is 1.73. The van der Waals surface area contributed by atoms with Crippen LogP contribution in [-0.2, 0) is 16.1 Å². The molecule has 1 aromatic carbocycles. The molecule has 0 radical (unpaired) electrons. The van der Waals surface area contributed by atoms with Crippen molar-refractivity contribution in [3.8, 4) is 5.75 Å². The first-order chi connectivity index (χ1) is 14.7. The summed E-state index contributed by atoms with van der Waals surface area (Å²) >= 11 is 1.46. The molecule has 0 saturated carbocycles. The van der Waals surface area contributed by atoms with Gasteiger partial charge in [-0.15, -0.1) is 11.3 Å². The van der Waals surface area contributed by atoms with Gasteiger partial charge in [0.05, 0.1) is 29.3 Å². The van der Waals surface area contributed by atoms with Crippen LogP contribution in [-0.4, -0.2) is 38.7 Å². The number of anilines is 1. The van der Waals surface area contributed by atoms with Gasteiger partial charge < -0.3 is 25.0 Å². The molecule has 1 atom stereocenters. The Hall–Kier alpha value is -3.40. The normalized spacial score (nSPS) is 15.4. The number of nitrogens with one attached hydrogen (secondary N) is 2. The molecule has 3 N–H and O–H groups in total. The zero-order valence-electron chi connectivity index (χ0n) is 17.3. The number of hydrogen-bond acceptors (Lipinski definition) is 8. The number of aromatic nitrogens is 2. The van der Waals surface area contributed by atoms with Gasteiger partial charge in [0.1, 0.15) is 23.5 Å². The fourth-order valence-corrected chi connectivity index (χ4v) is 4.25. The van der Waals surface area contributed by atoms with Crippen molar-refractivity contribution in [1.29, 1.82) is 0 Å². The minimum absolute atomic E-state index is 0.203. The van der Waals surface area contributed by atoms with Crippen LogP contribution >= 0.6 is 11.3 Å². The standard InChI is InChI=1S/C21H22N4O5S/c1-21(2,3)30-15(26)8-23-19(28)16-18(27)11-5-4-6-12-17(11)25(20(16)29)9-13(24-12)14-7-22-10-31-14/h4-7,10,13,24,27H,8-9H2,1-3H3,(H,23,28). The zero-order chi connectivity index (χ0) is 22.3. The summed E-state index contributed by atoms with van der Waals surface area (Å²) in [6, 6.07) is 4.98. The molecular formula is C21H22N4O5S. The van der Waals surface area contributed by atoms with Crippen LogP contribution < -0.4 is 16.2 Å². The predicted octanol–water partition coefficient (Wildman–Crippen LogP) is 2.40. The number of carbonyl (C=O) groups is 2. The fourth-order valence-electron chi connectivity index (χ4n) is 3.59. The van der Waals surface area contributed by atoms with E-state index in [-0.39, 0.29) is 12.6 Å². The van der Waals surface area contributed by atoms with Crippen molar-refractivity contribution in [2.75, 3.05) is 11.9 Å². The van der Waals surface area contributed by atoms with Crippen LogP contribution in [0.2, 0.25) is 0 Å². The van der Waals surface area contributed by atoms with Gasteiger partial charge in [-0.2, -0.15) is 0 Å². The molecule has 3 heterocycles. The highest BCUT2D eigenvalue weighted by Gasteiger charge is 2.29. The quantitative estimate of drug-likeness (QED) is 0.530. The lowest BCUT2D eigenvalue weighted by atomic mass is 10.0. The molecule has 1 unspecified atom stereocenters. The molecule has 31 heavy (non-hydrogen) atoms. The monoisotopic (exact) mass is 442 g/mol. The summed E-state index contributed by atoms with van der Waals surface area (Å²) in [5.41, 5.74) is 1.17. The first-order valence-corrected chi connectivity index (χ1v) is 10.6. The van der Waals surface area contributed by atoms with Crippen LogP contribution in [0.15, 0.2) is 34.7 Å². The number of pyridine rings is 1. The molecule has 0 spiro atoms. The molecule has 0 aliphatic carbocycles. The van der Waals surface area contributed by atoms with E-state index in [1.807, 2.05) is 6.07 Å². The van der Waals surface area contributed by atoms with Crippen LogP contribution in [0, 0.1) is 0 Å². The first-order valence-electron chi connectivity index (χ1n) is 9.69. The van der Waals surface area contributed by atoms with Crippen molar-refractivity contribution in [2.24, 2.45) is 0 Å². The minimum atomic E-state index is -0.836. The number of esters is 1. The number of para-hydroxylation sites is 1. The Bertz CT molecular complexity index is 1230. The van der Waals surface area contributed by atoms with Gasteiger partial charge in [-0.05, 0) is 32.9 Å². The molecule has 1 amide bonds. The molecule has 0 saturated heterocycles. The van der Waals surface area contributed by atoms with Crippen molar-refractivity contribution < 1.29 is 19.4 Å². The average Bonchev–Trinajstić information content (AvgIpc) is 3.23. The summed E-state index contributed by atoms with van der Waals surface area (Å²) < 4.78 is 6.65. The Labute approximate surface area is 181 Å². The third kappa shape index (κ3) is 3.98. The number of aromatic hydroxyl groups is 1. The molecule has 10 heteroatoms. The molecule has 1 aliphatic heterocycles. The number of carbonyl (C=O) groups excluding carboxylic acids is 2. The maximum absolute atomic E-state index is 13.2. The van der Waals surface area contributed by atoms with Gasteiger partial charge in [0.15, 0.2) is 0 Å². The molecule has 162 valence electrons. The lowest BCUT2D eigenvalue weighted by molar-refractivity contribution is -0.153. The highest BCUT2D eigenvalue weighted by molar-refractivity contribution is 7.09. The molecule has 2 aromatic heterocycles. The number of thiazole rings is 1. The smallest absolute Gasteiger partial charge is 0.325 e. The number of rotatable bonds is 4. The highest BCUT2D eigenvalue weighted by atomic mass is 32.1. The number of hydrogen-bond donors (Lipinski definition) is 3. The number of benzene rings is 1. The molecule has 3 aromatic rings. The lowest BCUT2D eigenvalue weighted by Gasteiger charge is -2.28. The summed E-state index contributed by atoms with van der Waals surface area (Å²) in [5, 5.41) is 16.9. The average molecular weight is 442 g/mol. The lowest BCUT2D eigenvalue weighted by Crippen LogP contribution is -2.39. The van der Waals surface area contributed by atoms with Crippen molar-refractivity contribution in [3.63, 3.8) is 0 Å². The molecule has 0 bridgehead atoms. The minimum Gasteiger partial charge on any atom is -0.506 e. The van der Waals surface area contributed by atoms with Gasteiger partial charge >= 0.3 is 5.97 Å². The van der Waals surface area contributed by atoms with Gasteiger partial charge in [-0.25, -0.2) is 0 Å². The summed E-state index contributed by atoms with van der Waals surface area (Å²) in [7, 11) is 0. The van der Waals surface area contributed by atoms with Crippen LogP contribution in [0.5, 0.6) is 5.75 Å². The molecule has 9 nitrogen and oxygen atoms in total. The van der Waals surface area contributed by atoms with Crippen molar-refractivity contribution in [2.45, 2.75) is 39.0 Å². The largest absolute Gasteiger partial charge is 0.506 e. The first kappa shape index (κ1) is 20.9. The van der Waals surface area contributed by atoms with Crippen LogP contribution in [0.3, 0.4) is 0 Å². The molecule has 1 aliphatic rings. The summed E-state index contributed by atoms with van der Waals surface area (Å²) in [5.74, 6) is -1.89. The topological polar surface area (TPSA) is 123 Å². The Kier molecular flexibility index (Phi) is 5.18. The fraction of sp³-hybridized carbons (Fsp3) is 0.333. The SMILES string of the molecule is CC(C)(C)OC(=O)CNC(=O)c1c(O)c2cccc3c2n(c1=O)CC(c1cncs1)N3. The predicted molar refractivity (Wildman–Crippen MR) is 117 cm³/mol. The van der Waals surface area contributed by atoms with E-state index in [4.69, 9.17) is 4.74 Å². The van der Waals surface area contributed by atoms with Crippen LogP contribution in [0.1, 0.15) is 42.0 Å². The second kappa shape index (κ2) is 7.69.